The van der Waals surface area contributed by atoms with E-state index < -0.39 is 6.10 Å². The van der Waals surface area contributed by atoms with Crippen LogP contribution in [0.5, 0.6) is 0 Å². The van der Waals surface area contributed by atoms with Crippen LogP contribution in [0.25, 0.3) is 0 Å². The van der Waals surface area contributed by atoms with Gasteiger partial charge in [0, 0.05) is 6.04 Å². The molecule has 1 radical (unpaired) electrons. The Morgan fingerprint density at radius 3 is 2.70 bits per heavy atom. The largest absolute Gasteiger partial charge is 0.394 e. The van der Waals surface area contributed by atoms with Crippen LogP contribution in [0.2, 0.25) is 5.82 Å². The van der Waals surface area contributed by atoms with E-state index in [9.17, 15) is 9.90 Å². The van der Waals surface area contributed by atoms with Crippen LogP contribution >= 0.6 is 0 Å². The first kappa shape index (κ1) is 7.76. The van der Waals surface area contributed by atoms with Gasteiger partial charge in [0.2, 0.25) is 7.28 Å². The third-order valence-corrected chi connectivity index (χ3v) is 2.04. The maximum Gasteiger partial charge on any atom is 0.205 e. The summed E-state index contributed by atoms with van der Waals surface area (Å²) in [6, 6.07) is -0.0276. The highest BCUT2D eigenvalue weighted by Gasteiger charge is 2.32. The van der Waals surface area contributed by atoms with Crippen molar-refractivity contribution >= 4 is 13.5 Å². The molecule has 0 spiro atoms. The molecule has 3 nitrogen and oxygen atoms in total. The number of rotatable bonds is 2. The number of aliphatic hydroxyl groups is 1. The Balaban J connectivity index is 2.45. The fourth-order valence-corrected chi connectivity index (χ4v) is 1.40. The minimum absolute atomic E-state index is 0.0276. The third kappa shape index (κ3) is 1.38. The van der Waals surface area contributed by atoms with Crippen molar-refractivity contribution in [1.29, 1.82) is 0 Å². The van der Waals surface area contributed by atoms with Gasteiger partial charge < -0.3 is 15.6 Å². The standard InChI is InChI=1S/C6H11BNO2/c8-4-1-2-5(10)6(4)7-3-9/h3-6,10H,1-2,8H2/t4-,5?,6+/m0/s1. The van der Waals surface area contributed by atoms with E-state index >= 15 is 0 Å². The highest BCUT2D eigenvalue weighted by Crippen LogP contribution is 2.28. The van der Waals surface area contributed by atoms with Gasteiger partial charge in [0.25, 0.3) is 0 Å². The summed E-state index contributed by atoms with van der Waals surface area (Å²) in [6.45, 7) is 0. The first-order chi connectivity index (χ1) is 4.75. The second kappa shape index (κ2) is 3.17. The first-order valence-electron chi connectivity index (χ1n) is 3.48. The van der Waals surface area contributed by atoms with E-state index in [1.165, 1.54) is 7.28 Å². The SMILES string of the molecule is N[C@H]1CCC(O)[C@@H]1[B]C=O. The molecule has 1 fully saturated rings. The van der Waals surface area contributed by atoms with E-state index in [1.54, 1.807) is 0 Å². The lowest BCUT2D eigenvalue weighted by Crippen LogP contribution is -2.29. The Bertz CT molecular complexity index is 121. The fourth-order valence-electron chi connectivity index (χ4n) is 1.40. The fraction of sp³-hybridized carbons (Fsp3) is 0.833. The van der Waals surface area contributed by atoms with Gasteiger partial charge in [-0.25, -0.2) is 0 Å². The molecule has 1 unspecified atom stereocenters. The van der Waals surface area contributed by atoms with Gasteiger partial charge >= 0.3 is 0 Å². The van der Waals surface area contributed by atoms with Gasteiger partial charge in [-0.15, -0.1) is 0 Å². The van der Waals surface area contributed by atoms with E-state index in [1.807, 2.05) is 0 Å². The Hall–Kier alpha value is -0.345. The smallest absolute Gasteiger partial charge is 0.205 e. The van der Waals surface area contributed by atoms with E-state index in [0.29, 0.717) is 6.19 Å². The van der Waals surface area contributed by atoms with Crippen molar-refractivity contribution < 1.29 is 9.90 Å². The molecule has 0 amide bonds. The predicted molar refractivity (Wildman–Crippen MR) is 39.5 cm³/mol. The number of aliphatic hydroxyl groups excluding tert-OH is 1. The minimum Gasteiger partial charge on any atom is -0.394 e. The maximum absolute atomic E-state index is 10.0. The minimum atomic E-state index is -0.403. The molecule has 0 bridgehead atoms. The summed E-state index contributed by atoms with van der Waals surface area (Å²) >= 11 is 0. The second-order valence-electron chi connectivity index (χ2n) is 2.71. The number of carbonyl (C=O) groups excluding carboxylic acids is 1. The van der Waals surface area contributed by atoms with Crippen molar-refractivity contribution in [2.45, 2.75) is 30.8 Å². The molecular weight excluding hydrogens is 129 g/mol. The van der Waals surface area contributed by atoms with E-state index in [4.69, 9.17) is 5.73 Å². The Kier molecular flexibility index (Phi) is 2.46. The van der Waals surface area contributed by atoms with Crippen molar-refractivity contribution in [2.24, 2.45) is 5.73 Å². The lowest BCUT2D eigenvalue weighted by Gasteiger charge is -2.13. The van der Waals surface area contributed by atoms with Gasteiger partial charge in [0.1, 0.15) is 0 Å². The maximum atomic E-state index is 10.0. The zero-order valence-corrected chi connectivity index (χ0v) is 5.73. The summed E-state index contributed by atoms with van der Waals surface area (Å²) in [7, 11) is 1.45. The van der Waals surface area contributed by atoms with Crippen LogP contribution in [0, 0.1) is 0 Å². The lowest BCUT2D eigenvalue weighted by molar-refractivity contribution is 0.181. The summed E-state index contributed by atoms with van der Waals surface area (Å²) in [5.74, 6) is -0.113. The molecule has 0 aromatic rings. The molecule has 1 rings (SSSR count). The van der Waals surface area contributed by atoms with Crippen LogP contribution in [0.15, 0.2) is 0 Å². The first-order valence-corrected chi connectivity index (χ1v) is 3.48. The highest BCUT2D eigenvalue weighted by atomic mass is 16.3. The Labute approximate surface area is 60.8 Å². The molecule has 1 saturated carbocycles. The van der Waals surface area contributed by atoms with Crippen LogP contribution in [0.3, 0.4) is 0 Å². The van der Waals surface area contributed by atoms with Gasteiger partial charge in [-0.2, -0.15) is 0 Å². The normalized spacial score (nSPS) is 39.6. The van der Waals surface area contributed by atoms with Crippen molar-refractivity contribution in [2.75, 3.05) is 0 Å². The van der Waals surface area contributed by atoms with Gasteiger partial charge in [-0.1, -0.05) is 0 Å². The number of nitrogens with two attached hydrogens (primary N) is 1. The molecule has 3 N–H and O–H groups in total. The monoisotopic (exact) mass is 140 g/mol. The average molecular weight is 140 g/mol. The van der Waals surface area contributed by atoms with E-state index in [-0.39, 0.29) is 11.9 Å². The molecule has 10 heavy (non-hydrogen) atoms. The zero-order chi connectivity index (χ0) is 7.56. The molecule has 1 aliphatic rings. The Morgan fingerprint density at radius 2 is 2.30 bits per heavy atom. The van der Waals surface area contributed by atoms with Crippen molar-refractivity contribution in [3.05, 3.63) is 0 Å². The van der Waals surface area contributed by atoms with Crippen molar-refractivity contribution in [3.8, 4) is 0 Å². The number of hydrogen-bond donors (Lipinski definition) is 2. The molecule has 4 heteroatoms. The van der Waals surface area contributed by atoms with Gasteiger partial charge in [0.15, 0.2) is 0 Å². The molecule has 0 aromatic heterocycles. The molecule has 0 heterocycles. The van der Waals surface area contributed by atoms with Gasteiger partial charge in [-0.3, -0.25) is 0 Å². The van der Waals surface area contributed by atoms with Crippen molar-refractivity contribution in [1.82, 2.24) is 0 Å². The van der Waals surface area contributed by atoms with Crippen molar-refractivity contribution in [3.63, 3.8) is 0 Å². The average Bonchev–Trinajstić information content (AvgIpc) is 2.20. The molecule has 0 aliphatic heterocycles. The predicted octanol–water partition coefficient (Wildman–Crippen LogP) is -0.849. The molecule has 1 aliphatic carbocycles. The van der Waals surface area contributed by atoms with Crippen LogP contribution in [0.4, 0.5) is 0 Å². The third-order valence-electron chi connectivity index (χ3n) is 2.04. The summed E-state index contributed by atoms with van der Waals surface area (Å²) in [5, 5.41) is 9.22. The van der Waals surface area contributed by atoms with E-state index in [2.05, 4.69) is 0 Å². The lowest BCUT2D eigenvalue weighted by atomic mass is 9.63. The Morgan fingerprint density at radius 1 is 1.60 bits per heavy atom. The number of hydrogen-bond acceptors (Lipinski definition) is 3. The van der Waals surface area contributed by atoms with Gasteiger partial charge in [-0.05, 0) is 18.7 Å². The van der Waals surface area contributed by atoms with E-state index in [0.717, 1.165) is 12.8 Å². The topological polar surface area (TPSA) is 63.3 Å². The zero-order valence-electron chi connectivity index (χ0n) is 5.73. The summed E-state index contributed by atoms with van der Waals surface area (Å²) in [5.41, 5.74) is 5.61. The molecular formula is C6H11BNO2. The second-order valence-corrected chi connectivity index (χ2v) is 2.71. The van der Waals surface area contributed by atoms with Crippen LogP contribution < -0.4 is 5.73 Å². The summed E-state index contributed by atoms with van der Waals surface area (Å²) in [6.07, 6.45) is 1.84. The highest BCUT2D eigenvalue weighted by molar-refractivity contribution is 6.68. The molecule has 0 saturated heterocycles. The van der Waals surface area contributed by atoms with Crippen LogP contribution in [-0.2, 0) is 4.79 Å². The summed E-state index contributed by atoms with van der Waals surface area (Å²) in [4.78, 5) is 10.0. The quantitative estimate of drug-likeness (QED) is 0.388. The van der Waals surface area contributed by atoms with Crippen LogP contribution in [0.1, 0.15) is 12.8 Å². The molecule has 55 valence electrons. The van der Waals surface area contributed by atoms with Crippen LogP contribution in [-0.4, -0.2) is 30.7 Å². The molecule has 3 atom stereocenters. The molecule has 0 aromatic carbocycles. The summed E-state index contributed by atoms with van der Waals surface area (Å²) < 4.78 is 0. The van der Waals surface area contributed by atoms with Gasteiger partial charge in [0.05, 0.1) is 12.3 Å². The number of carbonyl (C=O) groups is 1.